The normalized spacial score (nSPS) is 11.2. The summed E-state index contributed by atoms with van der Waals surface area (Å²) in [5.41, 5.74) is 6.82. The minimum Gasteiger partial charge on any atom is -0.425 e. The van der Waals surface area contributed by atoms with Crippen molar-refractivity contribution in [1.29, 1.82) is 0 Å². The number of ether oxygens (including phenoxy) is 1. The molecular formula is C22H23N5O4. The van der Waals surface area contributed by atoms with Gasteiger partial charge in [0.2, 0.25) is 0 Å². The smallest absolute Gasteiger partial charge is 0.332 e. The lowest BCUT2D eigenvalue weighted by atomic mass is 10.2. The van der Waals surface area contributed by atoms with Crippen molar-refractivity contribution in [2.24, 2.45) is 7.05 Å². The predicted molar refractivity (Wildman–Crippen MR) is 117 cm³/mol. The molecular weight excluding hydrogens is 398 g/mol. The van der Waals surface area contributed by atoms with Crippen LogP contribution in [0.2, 0.25) is 0 Å². The highest BCUT2D eigenvalue weighted by molar-refractivity contribution is 5.72. The highest BCUT2D eigenvalue weighted by atomic mass is 16.5. The van der Waals surface area contributed by atoms with E-state index >= 15 is 0 Å². The Labute approximate surface area is 177 Å². The predicted octanol–water partition coefficient (Wildman–Crippen LogP) is 1.70. The Morgan fingerprint density at radius 3 is 2.42 bits per heavy atom. The van der Waals surface area contributed by atoms with Gasteiger partial charge in [0, 0.05) is 25.9 Å². The van der Waals surface area contributed by atoms with E-state index in [0.717, 1.165) is 10.1 Å². The Morgan fingerprint density at radius 1 is 1.03 bits per heavy atom. The molecule has 0 aliphatic heterocycles. The summed E-state index contributed by atoms with van der Waals surface area (Å²) < 4.78 is 10.1. The van der Waals surface area contributed by atoms with E-state index in [9.17, 15) is 9.59 Å². The lowest BCUT2D eigenvalue weighted by Gasteiger charge is -2.11. The monoisotopic (exact) mass is 421 g/mol. The average Bonchev–Trinajstić information content (AvgIpc) is 3.12. The molecule has 3 N–H and O–H groups in total. The number of aliphatic hydroxyl groups is 1. The van der Waals surface area contributed by atoms with Gasteiger partial charge in [-0.3, -0.25) is 18.5 Å². The number of nitrogen functional groups attached to an aromatic ring is 1. The Balaban J connectivity index is 1.93. The van der Waals surface area contributed by atoms with Crippen LogP contribution < -0.4 is 21.7 Å². The van der Waals surface area contributed by atoms with Crippen molar-refractivity contribution in [2.45, 2.75) is 19.5 Å². The van der Waals surface area contributed by atoms with Gasteiger partial charge in [0.15, 0.2) is 11.2 Å². The number of benzene rings is 2. The largest absolute Gasteiger partial charge is 0.425 e. The molecule has 9 nitrogen and oxygen atoms in total. The van der Waals surface area contributed by atoms with E-state index in [1.165, 1.54) is 4.57 Å². The first-order valence-electron chi connectivity index (χ1n) is 9.88. The van der Waals surface area contributed by atoms with Crippen LogP contribution in [0.3, 0.4) is 0 Å². The zero-order chi connectivity index (χ0) is 22.0. The molecule has 0 fully saturated rings. The quantitative estimate of drug-likeness (QED) is 0.439. The number of aliphatic hydroxyl groups excluding tert-OH is 1. The first kappa shape index (κ1) is 20.4. The van der Waals surface area contributed by atoms with Gasteiger partial charge in [-0.05, 0) is 36.2 Å². The fraction of sp³-hybridized carbons (Fsp3) is 0.227. The van der Waals surface area contributed by atoms with Crippen molar-refractivity contribution in [2.75, 3.05) is 12.3 Å². The van der Waals surface area contributed by atoms with Gasteiger partial charge in [-0.1, -0.05) is 30.3 Å². The lowest BCUT2D eigenvalue weighted by Crippen LogP contribution is -2.39. The second-order valence-corrected chi connectivity index (χ2v) is 7.18. The van der Waals surface area contributed by atoms with Crippen molar-refractivity contribution in [1.82, 2.24) is 18.7 Å². The number of hydrogen-bond acceptors (Lipinski definition) is 6. The Bertz CT molecular complexity index is 1320. The molecule has 9 heteroatoms. The van der Waals surface area contributed by atoms with Gasteiger partial charge < -0.3 is 15.6 Å². The molecule has 0 amide bonds. The SMILES string of the molecule is Cn1c(=O)n(CCCO)c(=O)c2c1nc(Oc1ccc(N)cc1)n2Cc1ccccc1. The molecule has 0 saturated heterocycles. The van der Waals surface area contributed by atoms with Crippen molar-refractivity contribution in [3.63, 3.8) is 0 Å². The van der Waals surface area contributed by atoms with Gasteiger partial charge in [0.1, 0.15) is 5.75 Å². The molecule has 0 spiro atoms. The standard InChI is InChI=1S/C22H23N5O4/c1-25-19-18(20(29)26(22(25)30)12-5-13-28)27(14-15-6-3-2-4-7-15)21(24-19)31-17-10-8-16(23)9-11-17/h2-4,6-11,28H,5,12-14,23H2,1H3. The van der Waals surface area contributed by atoms with Crippen LogP contribution in [0.1, 0.15) is 12.0 Å². The fourth-order valence-corrected chi connectivity index (χ4v) is 3.41. The number of hydrogen-bond donors (Lipinski definition) is 2. The minimum absolute atomic E-state index is 0.114. The van der Waals surface area contributed by atoms with E-state index in [1.807, 2.05) is 30.3 Å². The zero-order valence-electron chi connectivity index (χ0n) is 17.1. The molecule has 0 aliphatic rings. The number of nitrogens with two attached hydrogens (primary N) is 1. The maximum Gasteiger partial charge on any atom is 0.332 e. The summed E-state index contributed by atoms with van der Waals surface area (Å²) in [5, 5.41) is 9.16. The third kappa shape index (κ3) is 3.95. The first-order valence-corrected chi connectivity index (χ1v) is 9.88. The van der Waals surface area contributed by atoms with Gasteiger partial charge in [-0.15, -0.1) is 0 Å². The van der Waals surface area contributed by atoms with Gasteiger partial charge in [0.25, 0.3) is 5.56 Å². The van der Waals surface area contributed by atoms with Crippen LogP contribution >= 0.6 is 0 Å². The fourth-order valence-electron chi connectivity index (χ4n) is 3.41. The van der Waals surface area contributed by atoms with E-state index in [-0.39, 0.29) is 30.3 Å². The van der Waals surface area contributed by atoms with Crippen LogP contribution in [0.4, 0.5) is 5.69 Å². The van der Waals surface area contributed by atoms with Crippen molar-refractivity contribution >= 4 is 16.9 Å². The van der Waals surface area contributed by atoms with Gasteiger partial charge in [-0.25, -0.2) is 4.79 Å². The number of anilines is 1. The number of aryl methyl sites for hydroxylation is 1. The van der Waals surface area contributed by atoms with Crippen LogP contribution in [0, 0.1) is 0 Å². The van der Waals surface area contributed by atoms with E-state index < -0.39 is 11.2 Å². The summed E-state index contributed by atoms with van der Waals surface area (Å²) in [7, 11) is 1.56. The van der Waals surface area contributed by atoms with Crippen LogP contribution in [-0.4, -0.2) is 30.4 Å². The Hall–Kier alpha value is -3.85. The second kappa shape index (κ2) is 8.49. The zero-order valence-corrected chi connectivity index (χ0v) is 17.1. The van der Waals surface area contributed by atoms with Crippen molar-refractivity contribution in [3.05, 3.63) is 81.0 Å². The molecule has 160 valence electrons. The molecule has 0 unspecified atom stereocenters. The highest BCUT2D eigenvalue weighted by Gasteiger charge is 2.21. The topological polar surface area (TPSA) is 117 Å². The number of imidazole rings is 1. The highest BCUT2D eigenvalue weighted by Crippen LogP contribution is 2.25. The maximum absolute atomic E-state index is 13.3. The van der Waals surface area contributed by atoms with Crippen molar-refractivity contribution in [3.8, 4) is 11.8 Å². The first-order chi connectivity index (χ1) is 15.0. The van der Waals surface area contributed by atoms with E-state index in [4.69, 9.17) is 15.6 Å². The Kier molecular flexibility index (Phi) is 5.59. The molecule has 0 radical (unpaired) electrons. The lowest BCUT2D eigenvalue weighted by molar-refractivity contribution is 0.277. The molecule has 0 saturated carbocycles. The molecule has 0 atom stereocenters. The summed E-state index contributed by atoms with van der Waals surface area (Å²) in [6.45, 7) is 0.320. The molecule has 0 aliphatic carbocycles. The van der Waals surface area contributed by atoms with Crippen molar-refractivity contribution < 1.29 is 9.84 Å². The van der Waals surface area contributed by atoms with Crippen LogP contribution in [-0.2, 0) is 20.1 Å². The molecule has 4 rings (SSSR count). The third-order valence-electron chi connectivity index (χ3n) is 5.01. The van der Waals surface area contributed by atoms with Gasteiger partial charge in [0.05, 0.1) is 6.54 Å². The summed E-state index contributed by atoms with van der Waals surface area (Å²) in [6.07, 6.45) is 0.294. The average molecular weight is 421 g/mol. The molecule has 2 heterocycles. The summed E-state index contributed by atoms with van der Waals surface area (Å²) in [6, 6.07) is 16.6. The molecule has 4 aromatic rings. The van der Waals surface area contributed by atoms with Crippen LogP contribution in [0.15, 0.2) is 64.2 Å². The minimum atomic E-state index is -0.491. The van der Waals surface area contributed by atoms with Crippen LogP contribution in [0.5, 0.6) is 11.8 Å². The summed E-state index contributed by atoms with van der Waals surface area (Å²) in [4.78, 5) is 30.5. The maximum atomic E-state index is 13.3. The Morgan fingerprint density at radius 2 is 1.74 bits per heavy atom. The van der Waals surface area contributed by atoms with Gasteiger partial charge >= 0.3 is 11.7 Å². The number of nitrogens with zero attached hydrogens (tertiary/aromatic N) is 4. The van der Waals surface area contributed by atoms with E-state index in [1.54, 1.807) is 35.9 Å². The second-order valence-electron chi connectivity index (χ2n) is 7.18. The molecule has 2 aromatic heterocycles. The van der Waals surface area contributed by atoms with E-state index in [2.05, 4.69) is 4.98 Å². The number of aromatic nitrogens is 4. The van der Waals surface area contributed by atoms with Crippen LogP contribution in [0.25, 0.3) is 11.2 Å². The summed E-state index contributed by atoms with van der Waals surface area (Å²) >= 11 is 0. The molecule has 31 heavy (non-hydrogen) atoms. The molecule has 2 aromatic carbocycles. The van der Waals surface area contributed by atoms with E-state index in [0.29, 0.717) is 24.4 Å². The number of fused-ring (bicyclic) bond motifs is 1. The molecule has 0 bridgehead atoms. The van der Waals surface area contributed by atoms with Gasteiger partial charge in [-0.2, -0.15) is 4.98 Å². The third-order valence-corrected chi connectivity index (χ3v) is 5.01. The summed E-state index contributed by atoms with van der Waals surface area (Å²) in [5.74, 6) is 0.504. The number of rotatable bonds is 7.